The Hall–Kier alpha value is -2.40. The number of para-hydroxylation sites is 2. The Morgan fingerprint density at radius 3 is 2.55 bits per heavy atom. The van der Waals surface area contributed by atoms with Crippen LogP contribution in [-0.2, 0) is 0 Å². The van der Waals surface area contributed by atoms with Crippen LogP contribution in [0.2, 0.25) is 0 Å². The zero-order chi connectivity index (χ0) is 13.9. The summed E-state index contributed by atoms with van der Waals surface area (Å²) in [5.74, 6) is 0. The zero-order valence-electron chi connectivity index (χ0n) is 10.4. The number of rotatable bonds is 3. The molecule has 1 heterocycles. The van der Waals surface area contributed by atoms with Crippen molar-refractivity contribution in [3.8, 4) is 0 Å². The third-order valence-electron chi connectivity index (χ3n) is 2.88. The van der Waals surface area contributed by atoms with Gasteiger partial charge >= 0.3 is 0 Å². The first-order valence-corrected chi connectivity index (χ1v) is 6.82. The first-order valence-electron chi connectivity index (χ1n) is 6.01. The fraction of sp³-hybridized carbons (Fsp3) is 0. The Morgan fingerprint density at radius 2 is 1.70 bits per heavy atom. The van der Waals surface area contributed by atoms with Crippen LogP contribution in [0.15, 0.2) is 70.6 Å². The molecule has 0 radical (unpaired) electrons. The summed E-state index contributed by atoms with van der Waals surface area (Å²) in [6.07, 6.45) is 1.73. The minimum Gasteiger partial charge on any atom is -0.258 e. The van der Waals surface area contributed by atoms with Crippen LogP contribution >= 0.6 is 11.8 Å². The van der Waals surface area contributed by atoms with Gasteiger partial charge in [-0.25, -0.2) is 0 Å². The number of nitrogens with zero attached hydrogens (tertiary/aromatic N) is 2. The zero-order valence-corrected chi connectivity index (χ0v) is 11.2. The third kappa shape index (κ3) is 2.35. The summed E-state index contributed by atoms with van der Waals surface area (Å²) < 4.78 is 0. The lowest BCUT2D eigenvalue weighted by atomic mass is 10.2. The van der Waals surface area contributed by atoms with E-state index in [-0.39, 0.29) is 10.6 Å². The van der Waals surface area contributed by atoms with Crippen LogP contribution in [0.3, 0.4) is 0 Å². The highest BCUT2D eigenvalue weighted by Gasteiger charge is 2.14. The van der Waals surface area contributed by atoms with E-state index in [0.717, 1.165) is 15.8 Å². The largest absolute Gasteiger partial charge is 0.283 e. The second-order valence-corrected chi connectivity index (χ2v) is 5.24. The van der Waals surface area contributed by atoms with E-state index in [1.807, 2.05) is 30.3 Å². The maximum Gasteiger partial charge on any atom is 0.283 e. The summed E-state index contributed by atoms with van der Waals surface area (Å²) in [5, 5.41) is 12.1. The molecule has 1 aromatic heterocycles. The first kappa shape index (κ1) is 12.6. The molecule has 0 aliphatic carbocycles. The highest BCUT2D eigenvalue weighted by Crippen LogP contribution is 2.37. The van der Waals surface area contributed by atoms with Crippen LogP contribution in [0, 0.1) is 10.1 Å². The lowest BCUT2D eigenvalue weighted by Gasteiger charge is -2.05. The summed E-state index contributed by atoms with van der Waals surface area (Å²) in [4.78, 5) is 16.6. The maximum atomic E-state index is 11.1. The molecule has 98 valence electrons. The van der Waals surface area contributed by atoms with Gasteiger partial charge in [-0.3, -0.25) is 15.1 Å². The summed E-state index contributed by atoms with van der Waals surface area (Å²) in [6, 6.07) is 16.4. The Balaban J connectivity index is 2.08. The van der Waals surface area contributed by atoms with Crippen molar-refractivity contribution >= 4 is 28.4 Å². The highest BCUT2D eigenvalue weighted by atomic mass is 32.2. The molecule has 0 atom stereocenters. The Labute approximate surface area is 119 Å². The quantitative estimate of drug-likeness (QED) is 0.531. The second kappa shape index (κ2) is 5.30. The van der Waals surface area contributed by atoms with Gasteiger partial charge in [0, 0.05) is 22.5 Å². The molecule has 0 aliphatic heterocycles. The molecule has 3 aromatic rings. The fourth-order valence-corrected chi connectivity index (χ4v) is 3.02. The molecule has 5 heteroatoms. The Kier molecular flexibility index (Phi) is 3.35. The standard InChI is InChI=1S/C15H10N2O2S/c18-17(19)12-7-1-2-8-13(12)20-14-9-3-5-11-6-4-10-16-15(11)14/h1-10H. The molecule has 0 aliphatic rings. The van der Waals surface area contributed by atoms with Gasteiger partial charge in [-0.2, -0.15) is 0 Å². The van der Waals surface area contributed by atoms with E-state index in [2.05, 4.69) is 4.98 Å². The van der Waals surface area contributed by atoms with Gasteiger partial charge in [0.1, 0.15) is 0 Å². The Bertz CT molecular complexity index is 784. The summed E-state index contributed by atoms with van der Waals surface area (Å²) in [6.45, 7) is 0. The van der Waals surface area contributed by atoms with Crippen molar-refractivity contribution in [1.29, 1.82) is 0 Å². The maximum absolute atomic E-state index is 11.1. The molecule has 0 unspecified atom stereocenters. The van der Waals surface area contributed by atoms with E-state index in [9.17, 15) is 10.1 Å². The molecule has 0 bridgehead atoms. The molecular formula is C15H10N2O2S. The lowest BCUT2D eigenvalue weighted by Crippen LogP contribution is -1.90. The van der Waals surface area contributed by atoms with Crippen LogP contribution in [0.5, 0.6) is 0 Å². The van der Waals surface area contributed by atoms with Gasteiger partial charge < -0.3 is 0 Å². The summed E-state index contributed by atoms with van der Waals surface area (Å²) in [5.41, 5.74) is 0.976. The number of hydrogen-bond donors (Lipinski definition) is 0. The average molecular weight is 282 g/mol. The predicted octanol–water partition coefficient (Wildman–Crippen LogP) is 4.29. The van der Waals surface area contributed by atoms with Gasteiger partial charge in [0.05, 0.1) is 15.3 Å². The molecule has 4 nitrogen and oxygen atoms in total. The number of nitro groups is 1. The molecular weight excluding hydrogens is 272 g/mol. The van der Waals surface area contributed by atoms with E-state index >= 15 is 0 Å². The molecule has 0 N–H and O–H groups in total. The Morgan fingerprint density at radius 1 is 0.950 bits per heavy atom. The van der Waals surface area contributed by atoms with E-state index < -0.39 is 0 Å². The van der Waals surface area contributed by atoms with Crippen LogP contribution in [0.1, 0.15) is 0 Å². The molecule has 0 saturated heterocycles. The van der Waals surface area contributed by atoms with Crippen molar-refractivity contribution in [2.75, 3.05) is 0 Å². The lowest BCUT2D eigenvalue weighted by molar-refractivity contribution is -0.387. The average Bonchev–Trinajstić information content (AvgIpc) is 2.48. The van der Waals surface area contributed by atoms with E-state index in [4.69, 9.17) is 0 Å². The van der Waals surface area contributed by atoms with Crippen molar-refractivity contribution in [1.82, 2.24) is 4.98 Å². The van der Waals surface area contributed by atoms with Gasteiger partial charge in [0.2, 0.25) is 0 Å². The minimum absolute atomic E-state index is 0.116. The predicted molar refractivity (Wildman–Crippen MR) is 79.0 cm³/mol. The summed E-state index contributed by atoms with van der Waals surface area (Å²) >= 11 is 1.37. The number of pyridine rings is 1. The minimum atomic E-state index is -0.360. The van der Waals surface area contributed by atoms with Crippen molar-refractivity contribution < 1.29 is 4.92 Å². The smallest absolute Gasteiger partial charge is 0.258 e. The highest BCUT2D eigenvalue weighted by molar-refractivity contribution is 7.99. The number of fused-ring (bicyclic) bond motifs is 1. The van der Waals surface area contributed by atoms with Crippen LogP contribution in [-0.4, -0.2) is 9.91 Å². The molecule has 0 amide bonds. The SMILES string of the molecule is O=[N+]([O-])c1ccccc1Sc1cccc2cccnc12. The fourth-order valence-electron chi connectivity index (χ4n) is 1.97. The summed E-state index contributed by atoms with van der Waals surface area (Å²) in [7, 11) is 0. The number of benzene rings is 2. The van der Waals surface area contributed by atoms with Gasteiger partial charge in [0.15, 0.2) is 0 Å². The third-order valence-corrected chi connectivity index (χ3v) is 3.99. The monoisotopic (exact) mass is 282 g/mol. The topological polar surface area (TPSA) is 56.0 Å². The van der Waals surface area contributed by atoms with Gasteiger partial charge in [-0.05, 0) is 18.2 Å². The molecule has 0 spiro atoms. The van der Waals surface area contributed by atoms with Gasteiger partial charge in [-0.15, -0.1) is 0 Å². The molecule has 0 fully saturated rings. The van der Waals surface area contributed by atoms with Crippen molar-refractivity contribution in [2.45, 2.75) is 9.79 Å². The van der Waals surface area contributed by atoms with Crippen molar-refractivity contribution in [2.24, 2.45) is 0 Å². The second-order valence-electron chi connectivity index (χ2n) is 4.16. The van der Waals surface area contributed by atoms with E-state index in [1.165, 1.54) is 17.8 Å². The first-order chi connectivity index (χ1) is 9.75. The molecule has 2 aromatic carbocycles. The van der Waals surface area contributed by atoms with E-state index in [1.54, 1.807) is 24.4 Å². The molecule has 3 rings (SSSR count). The van der Waals surface area contributed by atoms with Gasteiger partial charge in [0.25, 0.3) is 5.69 Å². The molecule has 20 heavy (non-hydrogen) atoms. The normalized spacial score (nSPS) is 10.6. The van der Waals surface area contributed by atoms with Crippen LogP contribution < -0.4 is 0 Å². The number of nitro benzene ring substituents is 1. The van der Waals surface area contributed by atoms with Gasteiger partial charge in [-0.1, -0.05) is 42.1 Å². The van der Waals surface area contributed by atoms with Crippen molar-refractivity contribution in [3.05, 3.63) is 70.9 Å². The number of aromatic nitrogens is 1. The van der Waals surface area contributed by atoms with Crippen LogP contribution in [0.4, 0.5) is 5.69 Å². The van der Waals surface area contributed by atoms with Crippen LogP contribution in [0.25, 0.3) is 10.9 Å². The van der Waals surface area contributed by atoms with Crippen molar-refractivity contribution in [3.63, 3.8) is 0 Å². The molecule has 0 saturated carbocycles. The number of hydrogen-bond acceptors (Lipinski definition) is 4. The van der Waals surface area contributed by atoms with E-state index in [0.29, 0.717) is 4.90 Å².